The summed E-state index contributed by atoms with van der Waals surface area (Å²) in [5, 5.41) is 0. The Balaban J connectivity index is 1.56. The smallest absolute Gasteiger partial charge is 0.282 e. The molecule has 3 fully saturated rings. The Labute approximate surface area is 175 Å². The SMILES string of the molecule is CN(C1CCCCC1)S(=O)(=O)N1CCN(C(=O)C2CCCN(S(C)(=O)=O)C2)CC1. The van der Waals surface area contributed by atoms with Crippen molar-refractivity contribution >= 4 is 26.1 Å². The highest BCUT2D eigenvalue weighted by atomic mass is 32.2. The normalized spacial score (nSPS) is 26.7. The van der Waals surface area contributed by atoms with E-state index in [-0.39, 0.29) is 37.5 Å². The fourth-order valence-electron chi connectivity index (χ4n) is 4.66. The van der Waals surface area contributed by atoms with Crippen LogP contribution in [0.15, 0.2) is 0 Å². The number of carbonyl (C=O) groups is 1. The Morgan fingerprint density at radius 2 is 1.45 bits per heavy atom. The fourth-order valence-corrected chi connectivity index (χ4v) is 7.15. The zero-order valence-electron chi connectivity index (χ0n) is 17.5. The second kappa shape index (κ2) is 9.17. The molecule has 0 N–H and O–H groups in total. The van der Waals surface area contributed by atoms with Crippen molar-refractivity contribution in [3.05, 3.63) is 0 Å². The van der Waals surface area contributed by atoms with Crippen molar-refractivity contribution in [1.29, 1.82) is 0 Å². The van der Waals surface area contributed by atoms with Gasteiger partial charge in [0, 0.05) is 52.4 Å². The van der Waals surface area contributed by atoms with Gasteiger partial charge in [0.25, 0.3) is 10.2 Å². The van der Waals surface area contributed by atoms with E-state index in [9.17, 15) is 21.6 Å². The molecule has 1 aliphatic carbocycles. The molecule has 0 aromatic carbocycles. The zero-order chi connectivity index (χ0) is 21.2. The van der Waals surface area contributed by atoms with E-state index in [1.807, 2.05) is 0 Å². The highest BCUT2D eigenvalue weighted by molar-refractivity contribution is 7.88. The van der Waals surface area contributed by atoms with Gasteiger partial charge in [-0.15, -0.1) is 0 Å². The Kier molecular flexibility index (Phi) is 7.25. The highest BCUT2D eigenvalue weighted by Gasteiger charge is 2.38. The summed E-state index contributed by atoms with van der Waals surface area (Å²) in [6.45, 7) is 1.96. The first-order chi connectivity index (χ1) is 13.6. The van der Waals surface area contributed by atoms with Gasteiger partial charge in [0.15, 0.2) is 0 Å². The Morgan fingerprint density at radius 1 is 0.828 bits per heavy atom. The first-order valence-corrected chi connectivity index (χ1v) is 13.8. The van der Waals surface area contributed by atoms with Gasteiger partial charge in [0.1, 0.15) is 0 Å². The molecule has 29 heavy (non-hydrogen) atoms. The van der Waals surface area contributed by atoms with Crippen molar-refractivity contribution in [2.45, 2.75) is 51.0 Å². The molecule has 2 saturated heterocycles. The van der Waals surface area contributed by atoms with Crippen molar-refractivity contribution in [2.75, 3.05) is 52.6 Å². The maximum atomic E-state index is 13.0. The van der Waals surface area contributed by atoms with Gasteiger partial charge in [0.2, 0.25) is 15.9 Å². The van der Waals surface area contributed by atoms with Gasteiger partial charge in [-0.1, -0.05) is 19.3 Å². The number of amides is 1. The van der Waals surface area contributed by atoms with Crippen molar-refractivity contribution in [3.63, 3.8) is 0 Å². The molecule has 3 rings (SSSR count). The summed E-state index contributed by atoms with van der Waals surface area (Å²) in [6.07, 6.45) is 7.64. The highest BCUT2D eigenvalue weighted by Crippen LogP contribution is 2.26. The van der Waals surface area contributed by atoms with E-state index in [1.165, 1.54) is 25.6 Å². The molecule has 2 aliphatic heterocycles. The molecule has 1 atom stereocenters. The maximum absolute atomic E-state index is 13.0. The molecule has 0 aromatic rings. The lowest BCUT2D eigenvalue weighted by Crippen LogP contribution is -2.56. The number of sulfonamides is 1. The first-order valence-electron chi connectivity index (χ1n) is 10.6. The second-order valence-electron chi connectivity index (χ2n) is 8.50. The number of piperidine rings is 1. The Hall–Kier alpha value is -0.750. The number of rotatable bonds is 5. The molecule has 2 heterocycles. The topological polar surface area (TPSA) is 98.3 Å². The maximum Gasteiger partial charge on any atom is 0.282 e. The van der Waals surface area contributed by atoms with Crippen LogP contribution in [0.5, 0.6) is 0 Å². The van der Waals surface area contributed by atoms with E-state index in [2.05, 4.69) is 0 Å². The number of carbonyl (C=O) groups excluding carboxylic acids is 1. The molecular formula is C18H34N4O5S2. The summed E-state index contributed by atoms with van der Waals surface area (Å²) in [6, 6.07) is 0.0672. The first kappa shape index (κ1) is 22.9. The molecule has 0 spiro atoms. The van der Waals surface area contributed by atoms with Crippen LogP contribution in [0, 0.1) is 5.92 Å². The quantitative estimate of drug-likeness (QED) is 0.600. The van der Waals surface area contributed by atoms with Crippen molar-refractivity contribution in [2.24, 2.45) is 5.92 Å². The Bertz CT molecular complexity index is 787. The van der Waals surface area contributed by atoms with Crippen LogP contribution in [0.25, 0.3) is 0 Å². The number of hydrogen-bond donors (Lipinski definition) is 0. The molecule has 0 bridgehead atoms. The van der Waals surface area contributed by atoms with Crippen LogP contribution in [0.3, 0.4) is 0 Å². The molecule has 3 aliphatic rings. The molecular weight excluding hydrogens is 416 g/mol. The van der Waals surface area contributed by atoms with Gasteiger partial charge in [-0.3, -0.25) is 4.79 Å². The van der Waals surface area contributed by atoms with Crippen molar-refractivity contribution in [1.82, 2.24) is 17.8 Å². The largest absolute Gasteiger partial charge is 0.340 e. The van der Waals surface area contributed by atoms with E-state index in [1.54, 1.807) is 11.9 Å². The monoisotopic (exact) mass is 450 g/mol. The summed E-state index contributed by atoms with van der Waals surface area (Å²) >= 11 is 0. The third-order valence-electron chi connectivity index (χ3n) is 6.53. The van der Waals surface area contributed by atoms with E-state index in [0.29, 0.717) is 32.5 Å². The molecule has 11 heteroatoms. The van der Waals surface area contributed by atoms with Gasteiger partial charge in [-0.2, -0.15) is 17.0 Å². The number of hydrogen-bond acceptors (Lipinski definition) is 5. The van der Waals surface area contributed by atoms with E-state index < -0.39 is 20.2 Å². The van der Waals surface area contributed by atoms with E-state index in [0.717, 1.165) is 25.7 Å². The predicted molar refractivity (Wildman–Crippen MR) is 111 cm³/mol. The molecule has 0 radical (unpaired) electrons. The molecule has 1 saturated carbocycles. The lowest BCUT2D eigenvalue weighted by molar-refractivity contribution is -0.137. The van der Waals surface area contributed by atoms with Crippen LogP contribution in [-0.2, 0) is 25.0 Å². The van der Waals surface area contributed by atoms with Crippen LogP contribution in [-0.4, -0.2) is 99.2 Å². The molecule has 9 nitrogen and oxygen atoms in total. The van der Waals surface area contributed by atoms with Crippen LogP contribution in [0.4, 0.5) is 0 Å². The van der Waals surface area contributed by atoms with Crippen molar-refractivity contribution < 1.29 is 21.6 Å². The lowest BCUT2D eigenvalue weighted by Gasteiger charge is -2.40. The van der Waals surface area contributed by atoms with E-state index in [4.69, 9.17) is 0 Å². The predicted octanol–water partition coefficient (Wildman–Crippen LogP) is 0.312. The number of piperazine rings is 1. The lowest BCUT2D eigenvalue weighted by atomic mass is 9.96. The molecule has 168 valence electrons. The summed E-state index contributed by atoms with van der Waals surface area (Å²) in [5.41, 5.74) is 0. The van der Waals surface area contributed by atoms with Gasteiger partial charge < -0.3 is 4.90 Å². The van der Waals surface area contributed by atoms with Crippen molar-refractivity contribution in [3.8, 4) is 0 Å². The fraction of sp³-hybridized carbons (Fsp3) is 0.944. The van der Waals surface area contributed by atoms with Crippen LogP contribution in [0.2, 0.25) is 0 Å². The van der Waals surface area contributed by atoms with Gasteiger partial charge in [-0.05, 0) is 25.7 Å². The van der Waals surface area contributed by atoms with Gasteiger partial charge >= 0.3 is 0 Å². The van der Waals surface area contributed by atoms with Crippen LogP contribution in [0.1, 0.15) is 44.9 Å². The number of nitrogens with zero attached hydrogens (tertiary/aromatic N) is 4. The summed E-state index contributed by atoms with van der Waals surface area (Å²) in [7, 11) is -5.15. The summed E-state index contributed by atoms with van der Waals surface area (Å²) in [5.74, 6) is -0.400. The van der Waals surface area contributed by atoms with Gasteiger partial charge in [-0.25, -0.2) is 12.7 Å². The second-order valence-corrected chi connectivity index (χ2v) is 12.5. The Morgan fingerprint density at radius 3 is 2.03 bits per heavy atom. The summed E-state index contributed by atoms with van der Waals surface area (Å²) < 4.78 is 54.0. The molecule has 1 unspecified atom stereocenters. The average molecular weight is 451 g/mol. The van der Waals surface area contributed by atoms with E-state index >= 15 is 0 Å². The molecule has 0 aromatic heterocycles. The standard InChI is InChI=1S/C18H34N4O5S2/c1-19(17-8-4-3-5-9-17)29(26,27)21-13-11-20(12-14-21)18(23)16-7-6-10-22(15-16)28(2,24)25/h16-17H,3-15H2,1-2H3. The van der Waals surface area contributed by atoms with Gasteiger partial charge in [0.05, 0.1) is 12.2 Å². The zero-order valence-corrected chi connectivity index (χ0v) is 19.1. The summed E-state index contributed by atoms with van der Waals surface area (Å²) in [4.78, 5) is 14.6. The molecule has 1 amide bonds. The third kappa shape index (κ3) is 5.30. The van der Waals surface area contributed by atoms with Crippen LogP contribution >= 0.6 is 0 Å². The minimum absolute atomic E-state index is 0.0592. The minimum atomic E-state index is -3.52. The third-order valence-corrected chi connectivity index (χ3v) is 9.85. The minimum Gasteiger partial charge on any atom is -0.340 e. The average Bonchev–Trinajstić information content (AvgIpc) is 2.73. The van der Waals surface area contributed by atoms with Crippen LogP contribution < -0.4 is 0 Å².